The molecule has 1 unspecified atom stereocenters. The third kappa shape index (κ3) is 5.74. The molecule has 2 aromatic rings. The van der Waals surface area contributed by atoms with Crippen LogP contribution in [0.4, 0.5) is 0 Å². The molecule has 0 saturated heterocycles. The van der Waals surface area contributed by atoms with Gasteiger partial charge in [-0.2, -0.15) is 0 Å². The van der Waals surface area contributed by atoms with Crippen LogP contribution >= 0.6 is 0 Å². The van der Waals surface area contributed by atoms with E-state index in [0.717, 1.165) is 22.3 Å². The van der Waals surface area contributed by atoms with Gasteiger partial charge in [-0.3, -0.25) is 20.4 Å². The first-order valence-corrected chi connectivity index (χ1v) is 8.79. The molecule has 1 atom stereocenters. The molecular formula is C21H26N2O4. The minimum absolute atomic E-state index is 0.198. The molecule has 0 aliphatic rings. The van der Waals surface area contributed by atoms with Crippen molar-refractivity contribution in [3.8, 4) is 11.5 Å². The van der Waals surface area contributed by atoms with Crippen molar-refractivity contribution in [3.63, 3.8) is 0 Å². The molecule has 6 heteroatoms. The first kappa shape index (κ1) is 20.3. The molecule has 0 spiro atoms. The van der Waals surface area contributed by atoms with E-state index >= 15 is 0 Å². The predicted molar refractivity (Wildman–Crippen MR) is 104 cm³/mol. The van der Waals surface area contributed by atoms with Crippen LogP contribution in [0.2, 0.25) is 0 Å². The third-order valence-electron chi connectivity index (χ3n) is 4.26. The molecule has 0 radical (unpaired) electrons. The topological polar surface area (TPSA) is 76.7 Å². The Balaban J connectivity index is 1.81. The second-order valence-corrected chi connectivity index (χ2v) is 6.55. The molecule has 2 rings (SSSR count). The summed E-state index contributed by atoms with van der Waals surface area (Å²) < 4.78 is 11.2. The van der Waals surface area contributed by atoms with E-state index in [1.165, 1.54) is 0 Å². The lowest BCUT2D eigenvalue weighted by Crippen LogP contribution is -2.48. The van der Waals surface area contributed by atoms with Crippen LogP contribution in [0.3, 0.4) is 0 Å². The Labute approximate surface area is 159 Å². The van der Waals surface area contributed by atoms with Gasteiger partial charge in [-0.05, 0) is 69.0 Å². The minimum Gasteiger partial charge on any atom is -0.483 e. The van der Waals surface area contributed by atoms with E-state index in [4.69, 9.17) is 9.47 Å². The van der Waals surface area contributed by atoms with E-state index in [0.29, 0.717) is 11.5 Å². The van der Waals surface area contributed by atoms with Crippen molar-refractivity contribution in [2.45, 2.75) is 40.7 Å². The summed E-state index contributed by atoms with van der Waals surface area (Å²) in [4.78, 5) is 24.0. The summed E-state index contributed by atoms with van der Waals surface area (Å²) in [6.45, 7) is 9.18. The number of carbonyl (C=O) groups excluding carboxylic acids is 2. The number of aryl methyl sites for hydroxylation is 3. The minimum atomic E-state index is -0.759. The van der Waals surface area contributed by atoms with Crippen LogP contribution in [0, 0.1) is 27.7 Å². The van der Waals surface area contributed by atoms with Crippen molar-refractivity contribution in [1.29, 1.82) is 0 Å². The van der Waals surface area contributed by atoms with Gasteiger partial charge in [0.1, 0.15) is 11.5 Å². The molecule has 2 aromatic carbocycles. The summed E-state index contributed by atoms with van der Waals surface area (Å²) in [5.74, 6) is 0.379. The quantitative estimate of drug-likeness (QED) is 0.767. The summed E-state index contributed by atoms with van der Waals surface area (Å²) in [6.07, 6.45) is -0.759. The number of amides is 2. The van der Waals surface area contributed by atoms with Gasteiger partial charge in [0.15, 0.2) is 12.7 Å². The molecule has 2 amide bonds. The molecule has 2 N–H and O–H groups in total. The molecule has 144 valence electrons. The molecule has 27 heavy (non-hydrogen) atoms. The number of benzene rings is 2. The molecule has 0 bridgehead atoms. The molecule has 6 nitrogen and oxygen atoms in total. The summed E-state index contributed by atoms with van der Waals surface area (Å²) in [7, 11) is 0. The monoisotopic (exact) mass is 370 g/mol. The number of hydrogen-bond donors (Lipinski definition) is 2. The van der Waals surface area contributed by atoms with E-state index in [1.807, 2.05) is 58.0 Å². The number of nitrogens with one attached hydrogen (secondary N) is 2. The summed E-state index contributed by atoms with van der Waals surface area (Å²) in [5.41, 5.74) is 8.73. The van der Waals surface area contributed by atoms with Crippen LogP contribution in [0.25, 0.3) is 0 Å². The van der Waals surface area contributed by atoms with E-state index in [1.54, 1.807) is 13.0 Å². The highest BCUT2D eigenvalue weighted by molar-refractivity contribution is 5.85. The number of hydrazine groups is 1. The van der Waals surface area contributed by atoms with Gasteiger partial charge in [0, 0.05) is 0 Å². The normalized spacial score (nSPS) is 11.4. The van der Waals surface area contributed by atoms with Gasteiger partial charge in [0.25, 0.3) is 11.8 Å². The Morgan fingerprint density at radius 1 is 0.963 bits per heavy atom. The molecule has 0 aliphatic carbocycles. The molecule has 0 aromatic heterocycles. The third-order valence-corrected chi connectivity index (χ3v) is 4.26. The van der Waals surface area contributed by atoms with Gasteiger partial charge in [0.2, 0.25) is 0 Å². The number of rotatable bonds is 6. The molecule has 0 fully saturated rings. The lowest BCUT2D eigenvalue weighted by atomic mass is 10.1. The van der Waals surface area contributed by atoms with Crippen molar-refractivity contribution in [1.82, 2.24) is 10.9 Å². The van der Waals surface area contributed by atoms with Crippen LogP contribution in [0.15, 0.2) is 36.4 Å². The molecular weight excluding hydrogens is 344 g/mol. The Morgan fingerprint density at radius 2 is 1.70 bits per heavy atom. The SMILES string of the molecule is Cc1ccc(C)c(OC(C)C(=O)NNC(=O)COc2cccc(C)c2C)c1. The Kier molecular flexibility index (Phi) is 6.82. The Hall–Kier alpha value is -3.02. The average Bonchev–Trinajstić information content (AvgIpc) is 2.63. The lowest BCUT2D eigenvalue weighted by molar-refractivity contribution is -0.133. The zero-order valence-corrected chi connectivity index (χ0v) is 16.4. The number of carbonyl (C=O) groups is 2. The fraction of sp³-hybridized carbons (Fsp3) is 0.333. The summed E-state index contributed by atoms with van der Waals surface area (Å²) in [5, 5.41) is 0. The van der Waals surface area contributed by atoms with Gasteiger partial charge >= 0.3 is 0 Å². The van der Waals surface area contributed by atoms with Crippen molar-refractivity contribution >= 4 is 11.8 Å². The Bertz CT molecular complexity index is 833. The Morgan fingerprint density at radius 3 is 2.44 bits per heavy atom. The number of ether oxygens (including phenoxy) is 2. The summed E-state index contributed by atoms with van der Waals surface area (Å²) in [6, 6.07) is 11.4. The molecule has 0 saturated carbocycles. The highest BCUT2D eigenvalue weighted by Crippen LogP contribution is 2.21. The average molecular weight is 370 g/mol. The first-order chi connectivity index (χ1) is 12.8. The first-order valence-electron chi connectivity index (χ1n) is 8.79. The lowest BCUT2D eigenvalue weighted by Gasteiger charge is -2.17. The van der Waals surface area contributed by atoms with Crippen molar-refractivity contribution in [2.24, 2.45) is 0 Å². The number of hydrogen-bond acceptors (Lipinski definition) is 4. The van der Waals surface area contributed by atoms with Crippen LogP contribution in [-0.4, -0.2) is 24.5 Å². The second kappa shape index (κ2) is 9.07. The van der Waals surface area contributed by atoms with Gasteiger partial charge in [-0.15, -0.1) is 0 Å². The highest BCUT2D eigenvalue weighted by atomic mass is 16.5. The largest absolute Gasteiger partial charge is 0.483 e. The van der Waals surface area contributed by atoms with E-state index in [9.17, 15) is 9.59 Å². The maximum absolute atomic E-state index is 12.1. The van der Waals surface area contributed by atoms with E-state index < -0.39 is 17.9 Å². The van der Waals surface area contributed by atoms with E-state index in [-0.39, 0.29) is 6.61 Å². The van der Waals surface area contributed by atoms with E-state index in [2.05, 4.69) is 10.9 Å². The fourth-order valence-electron chi connectivity index (χ4n) is 2.37. The maximum atomic E-state index is 12.1. The predicted octanol–water partition coefficient (Wildman–Crippen LogP) is 2.91. The van der Waals surface area contributed by atoms with Crippen molar-refractivity contribution in [3.05, 3.63) is 58.7 Å². The molecule has 0 heterocycles. The van der Waals surface area contributed by atoms with Gasteiger partial charge in [-0.25, -0.2) is 0 Å². The smallest absolute Gasteiger partial charge is 0.279 e. The fourth-order valence-corrected chi connectivity index (χ4v) is 2.37. The van der Waals surface area contributed by atoms with Crippen molar-refractivity contribution < 1.29 is 19.1 Å². The van der Waals surface area contributed by atoms with Crippen LogP contribution in [0.5, 0.6) is 11.5 Å². The maximum Gasteiger partial charge on any atom is 0.279 e. The second-order valence-electron chi connectivity index (χ2n) is 6.55. The van der Waals surface area contributed by atoms with Crippen LogP contribution in [-0.2, 0) is 9.59 Å². The zero-order valence-electron chi connectivity index (χ0n) is 16.4. The zero-order chi connectivity index (χ0) is 20.0. The molecule has 0 aliphatic heterocycles. The highest BCUT2D eigenvalue weighted by Gasteiger charge is 2.16. The standard InChI is InChI=1S/C21H26N2O4/c1-13-9-10-15(3)19(11-13)27-17(5)21(25)23-22-20(24)12-26-18-8-6-7-14(2)16(18)4/h6-11,17H,12H2,1-5H3,(H,22,24)(H,23,25). The van der Waals surface area contributed by atoms with Gasteiger partial charge < -0.3 is 9.47 Å². The van der Waals surface area contributed by atoms with Crippen LogP contribution in [0.1, 0.15) is 29.2 Å². The van der Waals surface area contributed by atoms with Gasteiger partial charge in [-0.1, -0.05) is 24.3 Å². The van der Waals surface area contributed by atoms with Crippen molar-refractivity contribution in [2.75, 3.05) is 6.61 Å². The van der Waals surface area contributed by atoms with Gasteiger partial charge in [0.05, 0.1) is 0 Å². The van der Waals surface area contributed by atoms with Crippen LogP contribution < -0.4 is 20.3 Å². The summed E-state index contributed by atoms with van der Waals surface area (Å²) >= 11 is 0.